The molecule has 1 amide bonds. The lowest BCUT2D eigenvalue weighted by molar-refractivity contribution is 0.240. The van der Waals surface area contributed by atoms with E-state index < -0.39 is 10.0 Å². The lowest BCUT2D eigenvalue weighted by Gasteiger charge is -2.07. The zero-order valence-corrected chi connectivity index (χ0v) is 21.1. The second-order valence-corrected chi connectivity index (χ2v) is 10.6. The van der Waals surface area contributed by atoms with Gasteiger partial charge in [-0.05, 0) is 42.8 Å². The predicted molar refractivity (Wildman–Crippen MR) is 138 cm³/mol. The van der Waals surface area contributed by atoms with Crippen molar-refractivity contribution in [3.63, 3.8) is 0 Å². The molecule has 0 saturated heterocycles. The molecule has 2 N–H and O–H groups in total. The Morgan fingerprint density at radius 1 is 1.03 bits per heavy atom. The normalized spacial score (nSPS) is 11.1. The largest absolute Gasteiger partial charge is 0.494 e. The molecule has 2 heterocycles. The molecule has 2 aromatic heterocycles. The Kier molecular flexibility index (Phi) is 8.18. The van der Waals surface area contributed by atoms with Crippen LogP contribution in [0.2, 0.25) is 0 Å². The summed E-state index contributed by atoms with van der Waals surface area (Å²) in [7, 11) is -3.36. The molecule has 2 aromatic carbocycles. The first-order chi connectivity index (χ1) is 17.4. The van der Waals surface area contributed by atoms with E-state index in [4.69, 9.17) is 9.47 Å². The van der Waals surface area contributed by atoms with Crippen LogP contribution in [0.3, 0.4) is 0 Å². The van der Waals surface area contributed by atoms with Crippen LogP contribution in [-0.4, -0.2) is 48.4 Å². The summed E-state index contributed by atoms with van der Waals surface area (Å²) in [4.78, 5) is 21.5. The quantitative estimate of drug-likeness (QED) is 0.283. The van der Waals surface area contributed by atoms with Gasteiger partial charge in [-0.2, -0.15) is 0 Å². The van der Waals surface area contributed by atoms with Crippen LogP contribution >= 0.6 is 11.3 Å². The van der Waals surface area contributed by atoms with Crippen LogP contribution in [-0.2, 0) is 16.6 Å². The smallest absolute Gasteiger partial charge is 0.326 e. The number of hydrogen-bond acceptors (Lipinski definition) is 8. The Labute approximate surface area is 213 Å². The number of nitrogens with one attached hydrogen (secondary N) is 2. The predicted octanol–water partition coefficient (Wildman–Crippen LogP) is 3.98. The third-order valence-corrected chi connectivity index (χ3v) is 6.36. The standard InChI is InChI=1S/C24H25N5O5S2/c1-36(31,32)28-23-26-14-21(35-23)16-34-20-10-8-18(9-11-20)22-15-29(17-27-22)24(30)25-12-5-13-33-19-6-3-2-4-7-19/h2-4,6-11,14-15,17H,5,12-13,16H2,1H3,(H,25,30)(H,26,28). The van der Waals surface area contributed by atoms with Gasteiger partial charge in [0.2, 0.25) is 10.0 Å². The Hall–Kier alpha value is -3.90. The fourth-order valence-electron chi connectivity index (χ4n) is 3.10. The minimum atomic E-state index is -3.36. The number of nitrogens with zero attached hydrogens (tertiary/aromatic N) is 3. The first-order valence-electron chi connectivity index (χ1n) is 11.0. The number of para-hydroxylation sites is 1. The topological polar surface area (TPSA) is 124 Å². The summed E-state index contributed by atoms with van der Waals surface area (Å²) in [6.07, 6.45) is 6.47. The molecule has 0 bridgehead atoms. The van der Waals surface area contributed by atoms with Crippen molar-refractivity contribution in [3.8, 4) is 22.8 Å². The highest BCUT2D eigenvalue weighted by molar-refractivity contribution is 7.92. The van der Waals surface area contributed by atoms with Crippen LogP contribution < -0.4 is 19.5 Å². The van der Waals surface area contributed by atoms with Gasteiger partial charge in [0.1, 0.15) is 24.4 Å². The number of anilines is 1. The maximum atomic E-state index is 12.4. The summed E-state index contributed by atoms with van der Waals surface area (Å²) in [5.41, 5.74) is 1.49. The van der Waals surface area contributed by atoms with E-state index in [2.05, 4.69) is 20.0 Å². The van der Waals surface area contributed by atoms with Crippen molar-refractivity contribution in [2.75, 3.05) is 24.1 Å². The van der Waals surface area contributed by atoms with Crippen LogP contribution in [0.25, 0.3) is 11.3 Å². The van der Waals surface area contributed by atoms with Gasteiger partial charge in [0, 0.05) is 24.5 Å². The van der Waals surface area contributed by atoms with Crippen molar-refractivity contribution in [2.45, 2.75) is 13.0 Å². The van der Waals surface area contributed by atoms with Gasteiger partial charge < -0.3 is 14.8 Å². The molecule has 12 heteroatoms. The van der Waals surface area contributed by atoms with E-state index in [0.717, 1.165) is 22.4 Å². The molecule has 0 unspecified atom stereocenters. The molecule has 4 aromatic rings. The van der Waals surface area contributed by atoms with Crippen molar-refractivity contribution < 1.29 is 22.7 Å². The summed E-state index contributed by atoms with van der Waals surface area (Å²) in [6, 6.07) is 16.6. The molecule has 0 atom stereocenters. The second kappa shape index (κ2) is 11.7. The maximum Gasteiger partial charge on any atom is 0.326 e. The molecule has 0 saturated carbocycles. The van der Waals surface area contributed by atoms with Gasteiger partial charge >= 0.3 is 6.03 Å². The minimum absolute atomic E-state index is 0.258. The number of thiazole rings is 1. The Morgan fingerprint density at radius 3 is 2.53 bits per heavy atom. The molecule has 0 spiro atoms. The summed E-state index contributed by atoms with van der Waals surface area (Å²) in [5.74, 6) is 1.44. The van der Waals surface area contributed by atoms with Crippen LogP contribution in [0.4, 0.5) is 9.93 Å². The average molecular weight is 528 g/mol. The van der Waals surface area contributed by atoms with Crippen molar-refractivity contribution in [1.29, 1.82) is 0 Å². The lowest BCUT2D eigenvalue weighted by atomic mass is 10.2. The van der Waals surface area contributed by atoms with Crippen molar-refractivity contribution in [3.05, 3.63) is 78.2 Å². The number of ether oxygens (including phenoxy) is 2. The molecule has 0 aliphatic carbocycles. The van der Waals surface area contributed by atoms with Crippen LogP contribution in [0.15, 0.2) is 73.3 Å². The third-order valence-electron chi connectivity index (χ3n) is 4.78. The van der Waals surface area contributed by atoms with Crippen LogP contribution in [0.5, 0.6) is 11.5 Å². The van der Waals surface area contributed by atoms with E-state index in [-0.39, 0.29) is 12.6 Å². The monoisotopic (exact) mass is 527 g/mol. The Balaban J connectivity index is 1.22. The summed E-state index contributed by atoms with van der Waals surface area (Å²) < 4.78 is 37.7. The van der Waals surface area contributed by atoms with Gasteiger partial charge in [0.05, 0.1) is 23.4 Å². The van der Waals surface area contributed by atoms with Crippen molar-refractivity contribution >= 4 is 32.5 Å². The molecule has 36 heavy (non-hydrogen) atoms. The molecule has 0 fully saturated rings. The number of rotatable bonds is 11. The van der Waals surface area contributed by atoms with Gasteiger partial charge in [-0.3, -0.25) is 9.29 Å². The van der Waals surface area contributed by atoms with Crippen LogP contribution in [0, 0.1) is 0 Å². The number of benzene rings is 2. The fraction of sp³-hybridized carbons (Fsp3) is 0.208. The number of carbonyl (C=O) groups excluding carboxylic acids is 1. The molecular formula is C24H25N5O5S2. The highest BCUT2D eigenvalue weighted by Gasteiger charge is 2.10. The second-order valence-electron chi connectivity index (χ2n) is 7.73. The van der Waals surface area contributed by atoms with Gasteiger partial charge in [-0.25, -0.2) is 23.2 Å². The summed E-state index contributed by atoms with van der Waals surface area (Å²) in [6.45, 7) is 1.25. The van der Waals surface area contributed by atoms with E-state index in [1.807, 2.05) is 42.5 Å². The van der Waals surface area contributed by atoms with E-state index in [0.29, 0.717) is 36.1 Å². The van der Waals surface area contributed by atoms with Crippen molar-refractivity contribution in [2.24, 2.45) is 0 Å². The highest BCUT2D eigenvalue weighted by atomic mass is 32.2. The van der Waals surface area contributed by atoms with Gasteiger partial charge in [0.25, 0.3) is 0 Å². The van der Waals surface area contributed by atoms with E-state index >= 15 is 0 Å². The van der Waals surface area contributed by atoms with Crippen LogP contribution in [0.1, 0.15) is 11.3 Å². The summed E-state index contributed by atoms with van der Waals surface area (Å²) >= 11 is 1.21. The van der Waals surface area contributed by atoms with Crippen molar-refractivity contribution in [1.82, 2.24) is 19.9 Å². The highest BCUT2D eigenvalue weighted by Crippen LogP contribution is 2.24. The zero-order chi connectivity index (χ0) is 25.4. The number of imidazole rings is 1. The number of sulfonamides is 1. The van der Waals surface area contributed by atoms with Gasteiger partial charge in [-0.1, -0.05) is 29.5 Å². The van der Waals surface area contributed by atoms with Gasteiger partial charge in [0.15, 0.2) is 5.13 Å². The van der Waals surface area contributed by atoms with E-state index in [9.17, 15) is 13.2 Å². The molecule has 0 aliphatic rings. The van der Waals surface area contributed by atoms with Gasteiger partial charge in [-0.15, -0.1) is 0 Å². The average Bonchev–Trinajstić information content (AvgIpc) is 3.52. The summed E-state index contributed by atoms with van der Waals surface area (Å²) in [5, 5.41) is 3.15. The van der Waals surface area contributed by atoms with E-state index in [1.165, 1.54) is 22.2 Å². The maximum absolute atomic E-state index is 12.4. The number of amides is 1. The molecule has 0 radical (unpaired) electrons. The minimum Gasteiger partial charge on any atom is -0.494 e. The SMILES string of the molecule is CS(=O)(=O)Nc1ncc(COc2ccc(-c3cn(C(=O)NCCCOc4ccccc4)cn3)cc2)s1. The Bertz CT molecular complexity index is 1390. The fourth-order valence-corrected chi connectivity index (χ4v) is 4.67. The van der Waals surface area contributed by atoms with E-state index in [1.54, 1.807) is 24.5 Å². The number of aromatic nitrogens is 3. The molecule has 4 rings (SSSR count). The lowest BCUT2D eigenvalue weighted by Crippen LogP contribution is -2.29. The first kappa shape index (κ1) is 25.2. The first-order valence-corrected chi connectivity index (χ1v) is 13.7. The molecular weight excluding hydrogens is 502 g/mol. The molecule has 188 valence electrons. The third kappa shape index (κ3) is 7.55. The number of hydrogen-bond donors (Lipinski definition) is 2. The molecule has 0 aliphatic heterocycles. The Morgan fingerprint density at radius 2 is 1.78 bits per heavy atom. The zero-order valence-electron chi connectivity index (χ0n) is 19.5. The number of carbonyl (C=O) groups is 1. The molecule has 10 nitrogen and oxygen atoms in total.